The van der Waals surface area contributed by atoms with Crippen LogP contribution in [0.2, 0.25) is 0 Å². The Morgan fingerprint density at radius 1 is 0.920 bits per heavy atom. The third-order valence-corrected chi connectivity index (χ3v) is 4.34. The minimum atomic E-state index is -0.120. The van der Waals surface area contributed by atoms with Gasteiger partial charge in [-0.15, -0.1) is 11.3 Å². The van der Waals surface area contributed by atoms with Gasteiger partial charge in [0, 0.05) is 23.6 Å². The van der Waals surface area contributed by atoms with E-state index in [4.69, 9.17) is 4.74 Å². The molecule has 0 N–H and O–H groups in total. The fraction of sp³-hybridized carbons (Fsp3) is 0.150. The quantitative estimate of drug-likeness (QED) is 0.569. The third-order valence-electron chi connectivity index (χ3n) is 3.56. The molecule has 5 heteroatoms. The number of para-hydroxylation sites is 2. The minimum absolute atomic E-state index is 0.0841. The van der Waals surface area contributed by atoms with Gasteiger partial charge in [-0.2, -0.15) is 0 Å². The predicted octanol–water partition coefficient (Wildman–Crippen LogP) is 4.25. The highest BCUT2D eigenvalue weighted by molar-refractivity contribution is 7.09. The first kappa shape index (κ1) is 17.0. The van der Waals surface area contributed by atoms with Gasteiger partial charge in [0.05, 0.1) is 17.8 Å². The van der Waals surface area contributed by atoms with Gasteiger partial charge < -0.3 is 4.74 Å². The van der Waals surface area contributed by atoms with Crippen molar-refractivity contribution < 1.29 is 14.3 Å². The van der Waals surface area contributed by atoms with Crippen LogP contribution in [0, 0.1) is 0 Å². The molecular formula is C20H17NO3S. The van der Waals surface area contributed by atoms with Crippen LogP contribution < -0.4 is 4.74 Å². The third kappa shape index (κ3) is 5.09. The molecule has 0 aliphatic carbocycles. The lowest BCUT2D eigenvalue weighted by Crippen LogP contribution is -2.12. The van der Waals surface area contributed by atoms with Gasteiger partial charge in [0.25, 0.3) is 0 Å². The Labute approximate surface area is 150 Å². The molecule has 3 aromatic rings. The molecule has 0 unspecified atom stereocenters. The Hall–Kier alpha value is -2.79. The zero-order valence-electron chi connectivity index (χ0n) is 13.6. The Balaban J connectivity index is 1.62. The first-order valence-corrected chi connectivity index (χ1v) is 8.81. The smallest absolute Gasteiger partial charge is 0.147 e. The predicted molar refractivity (Wildman–Crippen MR) is 97.1 cm³/mol. The number of carbonyl (C=O) groups is 2. The molecule has 4 nitrogen and oxygen atoms in total. The van der Waals surface area contributed by atoms with Crippen molar-refractivity contribution >= 4 is 22.9 Å². The van der Waals surface area contributed by atoms with Crippen molar-refractivity contribution in [3.8, 4) is 11.5 Å². The van der Waals surface area contributed by atoms with Gasteiger partial charge in [-0.25, -0.2) is 4.98 Å². The second kappa shape index (κ2) is 8.35. The summed E-state index contributed by atoms with van der Waals surface area (Å²) < 4.78 is 5.86. The number of Topliss-reactive ketones (excluding diaryl/α,β-unsaturated/α-hetero) is 2. The van der Waals surface area contributed by atoms with Gasteiger partial charge in [0.15, 0.2) is 0 Å². The molecule has 0 radical (unpaired) electrons. The number of benzene rings is 2. The van der Waals surface area contributed by atoms with Crippen LogP contribution in [0.5, 0.6) is 11.5 Å². The average Bonchev–Trinajstić information content (AvgIpc) is 3.10. The van der Waals surface area contributed by atoms with E-state index in [1.54, 1.807) is 6.20 Å². The van der Waals surface area contributed by atoms with Gasteiger partial charge in [0.1, 0.15) is 23.1 Å². The number of aromatic nitrogens is 1. The fourth-order valence-corrected chi connectivity index (χ4v) is 3.08. The summed E-state index contributed by atoms with van der Waals surface area (Å²) in [6, 6.07) is 16.8. The topological polar surface area (TPSA) is 56.3 Å². The van der Waals surface area contributed by atoms with Gasteiger partial charge >= 0.3 is 0 Å². The summed E-state index contributed by atoms with van der Waals surface area (Å²) in [4.78, 5) is 28.3. The summed E-state index contributed by atoms with van der Waals surface area (Å²) in [5, 5.41) is 2.56. The highest BCUT2D eigenvalue weighted by Crippen LogP contribution is 2.25. The Kier molecular flexibility index (Phi) is 5.69. The second-order valence-corrected chi connectivity index (χ2v) is 6.54. The van der Waals surface area contributed by atoms with Crippen molar-refractivity contribution in [2.75, 3.05) is 0 Å². The van der Waals surface area contributed by atoms with E-state index in [1.165, 1.54) is 11.3 Å². The number of rotatable bonds is 8. The van der Waals surface area contributed by atoms with Crippen LogP contribution >= 0.6 is 11.3 Å². The van der Waals surface area contributed by atoms with Crippen molar-refractivity contribution in [1.82, 2.24) is 4.98 Å². The molecule has 1 aromatic heterocycles. The van der Waals surface area contributed by atoms with Crippen LogP contribution in [0.4, 0.5) is 0 Å². The molecule has 0 saturated heterocycles. The highest BCUT2D eigenvalue weighted by Gasteiger charge is 2.14. The molecule has 3 rings (SSSR count). The lowest BCUT2D eigenvalue weighted by Gasteiger charge is -2.10. The standard InChI is InChI=1S/C20H17NO3S/c22-16(13-17(23)14-20-21-10-11-25-20)12-15-6-4-5-9-19(15)24-18-7-2-1-3-8-18/h1-11H,12-14H2. The van der Waals surface area contributed by atoms with E-state index in [2.05, 4.69) is 4.98 Å². The first-order chi connectivity index (χ1) is 12.2. The van der Waals surface area contributed by atoms with E-state index in [-0.39, 0.29) is 30.8 Å². The molecule has 25 heavy (non-hydrogen) atoms. The van der Waals surface area contributed by atoms with E-state index in [0.29, 0.717) is 11.5 Å². The molecule has 126 valence electrons. The van der Waals surface area contributed by atoms with Crippen molar-refractivity contribution in [3.05, 3.63) is 76.7 Å². The summed E-state index contributed by atoms with van der Waals surface area (Å²) in [6.45, 7) is 0. The number of ether oxygens (including phenoxy) is 1. The van der Waals surface area contributed by atoms with E-state index < -0.39 is 0 Å². The molecule has 2 aromatic carbocycles. The van der Waals surface area contributed by atoms with E-state index in [9.17, 15) is 9.59 Å². The molecule has 0 atom stereocenters. The van der Waals surface area contributed by atoms with Crippen LogP contribution in [0.3, 0.4) is 0 Å². The number of hydrogen-bond donors (Lipinski definition) is 0. The van der Waals surface area contributed by atoms with Crippen molar-refractivity contribution in [1.29, 1.82) is 0 Å². The van der Waals surface area contributed by atoms with Crippen molar-refractivity contribution in [3.63, 3.8) is 0 Å². The number of carbonyl (C=O) groups excluding carboxylic acids is 2. The van der Waals surface area contributed by atoms with Gasteiger partial charge in [-0.3, -0.25) is 9.59 Å². The number of nitrogens with zero attached hydrogens (tertiary/aromatic N) is 1. The maximum atomic E-state index is 12.3. The van der Waals surface area contributed by atoms with Gasteiger partial charge in [-0.1, -0.05) is 36.4 Å². The summed E-state index contributed by atoms with van der Waals surface area (Å²) >= 11 is 1.42. The first-order valence-electron chi connectivity index (χ1n) is 7.93. The normalized spacial score (nSPS) is 10.4. The van der Waals surface area contributed by atoms with Gasteiger partial charge in [-0.05, 0) is 18.2 Å². The molecule has 0 bridgehead atoms. The molecular weight excluding hydrogens is 334 g/mol. The summed E-state index contributed by atoms with van der Waals surface area (Å²) in [7, 11) is 0. The Morgan fingerprint density at radius 3 is 2.40 bits per heavy atom. The van der Waals surface area contributed by atoms with Crippen molar-refractivity contribution in [2.45, 2.75) is 19.3 Å². The van der Waals surface area contributed by atoms with Crippen LogP contribution in [0.1, 0.15) is 17.0 Å². The monoisotopic (exact) mass is 351 g/mol. The molecule has 1 heterocycles. The fourth-order valence-electron chi connectivity index (χ4n) is 2.43. The molecule has 0 fully saturated rings. The maximum Gasteiger partial charge on any atom is 0.147 e. The Bertz CT molecular complexity index is 844. The summed E-state index contributed by atoms with van der Waals surface area (Å²) in [5.41, 5.74) is 0.776. The summed E-state index contributed by atoms with van der Waals surface area (Å²) in [6.07, 6.45) is 1.96. The van der Waals surface area contributed by atoms with Crippen LogP contribution in [-0.4, -0.2) is 16.6 Å². The lowest BCUT2D eigenvalue weighted by molar-refractivity contribution is -0.126. The van der Waals surface area contributed by atoms with Crippen LogP contribution in [0.15, 0.2) is 66.2 Å². The van der Waals surface area contributed by atoms with Gasteiger partial charge in [0.2, 0.25) is 0 Å². The SMILES string of the molecule is O=C(CC(=O)Cc1ccccc1Oc1ccccc1)Cc1nccs1. The lowest BCUT2D eigenvalue weighted by atomic mass is 10.0. The average molecular weight is 351 g/mol. The number of ketones is 2. The van der Waals surface area contributed by atoms with E-state index >= 15 is 0 Å². The largest absolute Gasteiger partial charge is 0.457 e. The molecule has 0 aliphatic heterocycles. The zero-order valence-corrected chi connectivity index (χ0v) is 14.4. The van der Waals surface area contributed by atoms with Crippen molar-refractivity contribution in [2.24, 2.45) is 0 Å². The second-order valence-electron chi connectivity index (χ2n) is 5.56. The van der Waals surface area contributed by atoms with Crippen LogP contribution in [0.25, 0.3) is 0 Å². The van der Waals surface area contributed by atoms with E-state index in [1.807, 2.05) is 60.0 Å². The molecule has 0 aliphatic rings. The summed E-state index contributed by atoms with van der Waals surface area (Å²) in [5.74, 6) is 1.11. The van der Waals surface area contributed by atoms with E-state index in [0.717, 1.165) is 10.6 Å². The molecule has 0 amide bonds. The Morgan fingerprint density at radius 2 is 1.64 bits per heavy atom. The number of hydrogen-bond acceptors (Lipinski definition) is 5. The minimum Gasteiger partial charge on any atom is -0.457 e. The zero-order chi connectivity index (χ0) is 17.5. The maximum absolute atomic E-state index is 12.3. The highest BCUT2D eigenvalue weighted by atomic mass is 32.1. The molecule has 0 saturated carbocycles. The molecule has 0 spiro atoms. The number of thiazole rings is 1. The van der Waals surface area contributed by atoms with Crippen LogP contribution in [-0.2, 0) is 22.4 Å².